The molecule has 184 valence electrons. The van der Waals surface area contributed by atoms with E-state index in [1.165, 1.54) is 34.6 Å². The molecule has 2 aliphatic rings. The zero-order chi connectivity index (χ0) is 24.3. The molecule has 1 amide bonds. The van der Waals surface area contributed by atoms with Gasteiger partial charge in [0.15, 0.2) is 0 Å². The van der Waals surface area contributed by atoms with Gasteiger partial charge in [-0.1, -0.05) is 0 Å². The molecule has 0 bridgehead atoms. The van der Waals surface area contributed by atoms with E-state index < -0.39 is 27.7 Å². The monoisotopic (exact) mass is 497 g/mol. The Morgan fingerprint density at radius 1 is 0.912 bits per heavy atom. The zero-order valence-corrected chi connectivity index (χ0v) is 19.3. The number of nitrogens with zero attached hydrogens (tertiary/aromatic N) is 2. The van der Waals surface area contributed by atoms with Gasteiger partial charge in [0.05, 0.1) is 35.0 Å². The van der Waals surface area contributed by atoms with Crippen LogP contribution in [0.15, 0.2) is 47.4 Å². The van der Waals surface area contributed by atoms with E-state index >= 15 is 0 Å². The summed E-state index contributed by atoms with van der Waals surface area (Å²) in [5.41, 5.74) is -0.0993. The van der Waals surface area contributed by atoms with Crippen LogP contribution in [0, 0.1) is 0 Å². The average Bonchev–Trinajstić information content (AvgIpc) is 2.84. The van der Waals surface area contributed by atoms with Gasteiger partial charge < -0.3 is 15.0 Å². The largest absolute Gasteiger partial charge is 0.416 e. The van der Waals surface area contributed by atoms with Gasteiger partial charge in [0.2, 0.25) is 10.0 Å². The fourth-order valence-electron chi connectivity index (χ4n) is 4.13. The van der Waals surface area contributed by atoms with Crippen molar-refractivity contribution in [3.8, 4) is 0 Å². The third kappa shape index (κ3) is 5.37. The maximum Gasteiger partial charge on any atom is 0.416 e. The van der Waals surface area contributed by atoms with E-state index in [9.17, 15) is 26.4 Å². The number of anilines is 2. The Labute approximate surface area is 196 Å². The van der Waals surface area contributed by atoms with Crippen molar-refractivity contribution in [1.29, 1.82) is 0 Å². The van der Waals surface area contributed by atoms with Crippen LogP contribution in [0.1, 0.15) is 35.2 Å². The van der Waals surface area contributed by atoms with Crippen molar-refractivity contribution in [2.75, 3.05) is 49.6 Å². The van der Waals surface area contributed by atoms with E-state index in [-0.39, 0.29) is 29.2 Å². The molecule has 0 atom stereocenters. The Kier molecular flexibility index (Phi) is 7.15. The van der Waals surface area contributed by atoms with Crippen LogP contribution in [0.3, 0.4) is 0 Å². The molecule has 0 unspecified atom stereocenters. The van der Waals surface area contributed by atoms with Gasteiger partial charge in [0.25, 0.3) is 5.91 Å². The number of carbonyl (C=O) groups excluding carboxylic acids is 1. The highest BCUT2D eigenvalue weighted by Gasteiger charge is 2.32. The molecule has 0 saturated carbocycles. The molecule has 7 nitrogen and oxygen atoms in total. The summed E-state index contributed by atoms with van der Waals surface area (Å²) in [4.78, 5) is 14.9. The number of hydrogen-bond donors (Lipinski definition) is 1. The number of hydrogen-bond acceptors (Lipinski definition) is 5. The van der Waals surface area contributed by atoms with Crippen molar-refractivity contribution in [1.82, 2.24) is 4.31 Å². The highest BCUT2D eigenvalue weighted by Crippen LogP contribution is 2.36. The van der Waals surface area contributed by atoms with Gasteiger partial charge in [-0.05, 0) is 61.7 Å². The molecule has 34 heavy (non-hydrogen) atoms. The lowest BCUT2D eigenvalue weighted by molar-refractivity contribution is -0.137. The van der Waals surface area contributed by atoms with Crippen molar-refractivity contribution in [2.45, 2.75) is 30.3 Å². The van der Waals surface area contributed by atoms with Gasteiger partial charge in [-0.25, -0.2) is 8.42 Å². The predicted molar refractivity (Wildman–Crippen MR) is 121 cm³/mol. The number of nitrogens with one attached hydrogen (secondary N) is 1. The summed E-state index contributed by atoms with van der Waals surface area (Å²) in [7, 11) is -3.72. The molecule has 2 aromatic carbocycles. The van der Waals surface area contributed by atoms with Gasteiger partial charge in [0.1, 0.15) is 0 Å². The standard InChI is InChI=1S/C23H26F3N3O4S/c24-23(25,26)18-6-9-21(28-10-2-1-3-11-28)20(16-18)27-22(30)17-4-7-19(8-5-17)34(31,32)29-12-14-33-15-13-29/h4-9,16H,1-3,10-15H2,(H,27,30). The van der Waals surface area contributed by atoms with E-state index in [0.29, 0.717) is 32.0 Å². The Morgan fingerprint density at radius 2 is 1.56 bits per heavy atom. The van der Waals surface area contributed by atoms with Crippen LogP contribution in [-0.4, -0.2) is 58.0 Å². The molecule has 0 radical (unpaired) electrons. The number of carbonyl (C=O) groups is 1. The zero-order valence-electron chi connectivity index (χ0n) is 18.5. The number of morpholine rings is 1. The molecule has 4 rings (SSSR count). The summed E-state index contributed by atoms with van der Waals surface area (Å²) in [6, 6.07) is 8.73. The van der Waals surface area contributed by atoms with E-state index in [1.807, 2.05) is 4.90 Å². The highest BCUT2D eigenvalue weighted by atomic mass is 32.2. The second-order valence-corrected chi connectivity index (χ2v) is 10.2. The molecule has 2 saturated heterocycles. The quantitative estimate of drug-likeness (QED) is 0.677. The summed E-state index contributed by atoms with van der Waals surface area (Å²) in [6.45, 7) is 2.52. The molecule has 0 spiro atoms. The smallest absolute Gasteiger partial charge is 0.379 e. The normalized spacial score (nSPS) is 18.0. The molecule has 2 aromatic rings. The summed E-state index contributed by atoms with van der Waals surface area (Å²) in [5, 5.41) is 2.60. The lowest BCUT2D eigenvalue weighted by Gasteiger charge is -2.31. The first-order chi connectivity index (χ1) is 16.2. The van der Waals surface area contributed by atoms with Gasteiger partial charge in [-0.15, -0.1) is 0 Å². The molecule has 0 aromatic heterocycles. The summed E-state index contributed by atoms with van der Waals surface area (Å²) < 4.78 is 72.0. The molecular formula is C23H26F3N3O4S. The minimum absolute atomic E-state index is 0.0408. The number of piperidine rings is 1. The lowest BCUT2D eigenvalue weighted by Crippen LogP contribution is -2.40. The average molecular weight is 498 g/mol. The third-order valence-corrected chi connectivity index (χ3v) is 7.91. The Balaban J connectivity index is 1.56. The molecule has 2 aliphatic heterocycles. The third-order valence-electron chi connectivity index (χ3n) is 5.99. The number of sulfonamides is 1. The molecule has 1 N–H and O–H groups in total. The fraction of sp³-hybridized carbons (Fsp3) is 0.435. The van der Waals surface area contributed by atoms with E-state index in [2.05, 4.69) is 5.32 Å². The number of alkyl halides is 3. The number of halogens is 3. The first-order valence-corrected chi connectivity index (χ1v) is 12.6. The lowest BCUT2D eigenvalue weighted by atomic mass is 10.1. The summed E-state index contributed by atoms with van der Waals surface area (Å²) in [6.07, 6.45) is -1.64. The molecule has 2 fully saturated rings. The van der Waals surface area contributed by atoms with Gasteiger partial charge in [-0.2, -0.15) is 17.5 Å². The van der Waals surface area contributed by atoms with Crippen molar-refractivity contribution >= 4 is 27.3 Å². The number of benzene rings is 2. The van der Waals surface area contributed by atoms with Gasteiger partial charge >= 0.3 is 6.18 Å². The van der Waals surface area contributed by atoms with Crippen molar-refractivity contribution in [3.05, 3.63) is 53.6 Å². The molecular weight excluding hydrogens is 471 g/mol. The Hall–Kier alpha value is -2.63. The number of amides is 1. The number of rotatable bonds is 5. The summed E-state index contributed by atoms with van der Waals surface area (Å²) >= 11 is 0. The van der Waals surface area contributed by atoms with Crippen LogP contribution in [-0.2, 0) is 20.9 Å². The first kappa shape index (κ1) is 24.5. The van der Waals surface area contributed by atoms with Crippen LogP contribution >= 0.6 is 0 Å². The Bertz CT molecular complexity index is 1130. The summed E-state index contributed by atoms with van der Waals surface area (Å²) in [5.74, 6) is -0.618. The fourth-order valence-corrected chi connectivity index (χ4v) is 5.54. The van der Waals surface area contributed by atoms with Crippen LogP contribution < -0.4 is 10.2 Å². The van der Waals surface area contributed by atoms with E-state index in [0.717, 1.165) is 31.4 Å². The van der Waals surface area contributed by atoms with Gasteiger partial charge in [-0.3, -0.25) is 4.79 Å². The topological polar surface area (TPSA) is 79.0 Å². The van der Waals surface area contributed by atoms with Gasteiger partial charge in [0, 0.05) is 31.7 Å². The predicted octanol–water partition coefficient (Wildman–Crippen LogP) is 3.97. The van der Waals surface area contributed by atoms with Crippen molar-refractivity contribution in [3.63, 3.8) is 0 Å². The van der Waals surface area contributed by atoms with E-state index in [4.69, 9.17) is 4.74 Å². The maximum absolute atomic E-state index is 13.3. The van der Waals surface area contributed by atoms with Crippen LogP contribution in [0.4, 0.5) is 24.5 Å². The van der Waals surface area contributed by atoms with Crippen molar-refractivity contribution in [2.24, 2.45) is 0 Å². The second kappa shape index (κ2) is 9.93. The second-order valence-electron chi connectivity index (χ2n) is 8.27. The molecule has 11 heteroatoms. The maximum atomic E-state index is 13.3. The van der Waals surface area contributed by atoms with E-state index in [1.54, 1.807) is 0 Å². The SMILES string of the molecule is O=C(Nc1cc(C(F)(F)F)ccc1N1CCCCC1)c1ccc(S(=O)(=O)N2CCOCC2)cc1. The van der Waals surface area contributed by atoms with Crippen LogP contribution in [0.5, 0.6) is 0 Å². The minimum Gasteiger partial charge on any atom is -0.379 e. The highest BCUT2D eigenvalue weighted by molar-refractivity contribution is 7.89. The first-order valence-electron chi connectivity index (χ1n) is 11.1. The number of ether oxygens (including phenoxy) is 1. The molecule has 2 heterocycles. The molecule has 0 aliphatic carbocycles. The Morgan fingerprint density at radius 3 is 2.18 bits per heavy atom. The van der Waals surface area contributed by atoms with Crippen LogP contribution in [0.25, 0.3) is 0 Å². The minimum atomic E-state index is -4.55. The van der Waals surface area contributed by atoms with Crippen molar-refractivity contribution < 1.29 is 31.1 Å². The van der Waals surface area contributed by atoms with Crippen LogP contribution in [0.2, 0.25) is 0 Å².